The molecule has 5 heteroatoms. The fraction of sp³-hybridized carbons (Fsp3) is 0.375. The van der Waals surface area contributed by atoms with E-state index in [1.165, 1.54) is 6.07 Å². The highest BCUT2D eigenvalue weighted by Crippen LogP contribution is 2.33. The largest absolute Gasteiger partial charge is 0.507 e. The number of hydrogen-bond acceptors (Lipinski definition) is 3. The van der Waals surface area contributed by atoms with Crippen LogP contribution in [0.1, 0.15) is 32.3 Å². The summed E-state index contributed by atoms with van der Waals surface area (Å²) in [6, 6.07) is 8.49. The molecule has 0 fully saturated rings. The molecule has 0 amide bonds. The van der Waals surface area contributed by atoms with Gasteiger partial charge in [-0.3, -0.25) is 0 Å². The summed E-state index contributed by atoms with van der Waals surface area (Å²) in [5, 5.41) is 11.3. The first-order chi connectivity index (χ1) is 10.0. The maximum Gasteiger partial charge on any atom is 0.241 e. The number of nitrogens with one attached hydrogen (secondary N) is 1. The third kappa shape index (κ3) is 3.19. The van der Waals surface area contributed by atoms with Crippen molar-refractivity contribution in [3.8, 4) is 5.75 Å². The van der Waals surface area contributed by atoms with E-state index in [2.05, 4.69) is 4.72 Å². The van der Waals surface area contributed by atoms with Gasteiger partial charge in [0.1, 0.15) is 5.75 Å². The van der Waals surface area contributed by atoms with Gasteiger partial charge in [-0.2, -0.15) is 0 Å². The van der Waals surface area contributed by atoms with Crippen LogP contribution in [0.2, 0.25) is 0 Å². The minimum atomic E-state index is -3.62. The van der Waals surface area contributed by atoms with Crippen molar-refractivity contribution in [2.45, 2.75) is 38.0 Å². The van der Waals surface area contributed by atoms with Crippen molar-refractivity contribution in [2.75, 3.05) is 6.54 Å². The fourth-order valence-electron chi connectivity index (χ4n) is 2.41. The van der Waals surface area contributed by atoms with Gasteiger partial charge < -0.3 is 5.11 Å². The zero-order valence-electron chi connectivity index (χ0n) is 12.4. The molecule has 2 N–H and O–H groups in total. The Bertz CT molecular complexity index is 739. The lowest BCUT2D eigenvalue weighted by atomic mass is 10.0. The van der Waals surface area contributed by atoms with Crippen LogP contribution in [0.3, 0.4) is 0 Å². The summed E-state index contributed by atoms with van der Waals surface area (Å²) in [4.78, 5) is 0.143. The molecular weight excluding hydrogens is 286 g/mol. The molecule has 0 saturated heterocycles. The van der Waals surface area contributed by atoms with Crippen LogP contribution in [0.15, 0.2) is 35.2 Å². The highest BCUT2D eigenvalue weighted by atomic mass is 32.2. The molecule has 4 nitrogen and oxygen atoms in total. The van der Waals surface area contributed by atoms with E-state index >= 15 is 0 Å². The van der Waals surface area contributed by atoms with Crippen molar-refractivity contribution in [3.05, 3.63) is 35.9 Å². The molecule has 0 radical (unpaired) electrons. The Morgan fingerprint density at radius 1 is 1.14 bits per heavy atom. The number of benzene rings is 2. The number of phenols is 1. The number of rotatable bonds is 6. The third-order valence-electron chi connectivity index (χ3n) is 3.56. The third-order valence-corrected chi connectivity index (χ3v) is 5.07. The second-order valence-electron chi connectivity index (χ2n) is 5.03. The average Bonchev–Trinajstić information content (AvgIpc) is 2.47. The van der Waals surface area contributed by atoms with Crippen molar-refractivity contribution in [1.82, 2.24) is 4.72 Å². The molecule has 0 spiro atoms. The lowest BCUT2D eigenvalue weighted by Gasteiger charge is -2.12. The molecule has 0 heterocycles. The Morgan fingerprint density at radius 3 is 2.57 bits per heavy atom. The summed E-state index contributed by atoms with van der Waals surface area (Å²) in [5.41, 5.74) is 1.02. The first-order valence-electron chi connectivity index (χ1n) is 7.24. The van der Waals surface area contributed by atoms with Gasteiger partial charge in [0.2, 0.25) is 10.0 Å². The minimum absolute atomic E-state index is 0.00123. The number of phenolic OH excluding ortho intramolecular Hbond substituents is 1. The van der Waals surface area contributed by atoms with Crippen LogP contribution in [-0.4, -0.2) is 20.1 Å². The zero-order chi connectivity index (χ0) is 15.5. The van der Waals surface area contributed by atoms with Gasteiger partial charge in [-0.15, -0.1) is 0 Å². The average molecular weight is 307 g/mol. The molecule has 0 aliphatic carbocycles. The number of fused-ring (bicyclic) bond motifs is 1. The maximum absolute atomic E-state index is 12.5. The molecule has 2 aromatic rings. The van der Waals surface area contributed by atoms with Crippen LogP contribution in [0.4, 0.5) is 0 Å². The van der Waals surface area contributed by atoms with E-state index in [4.69, 9.17) is 0 Å². The molecule has 21 heavy (non-hydrogen) atoms. The van der Waals surface area contributed by atoms with Gasteiger partial charge in [0.05, 0.1) is 4.90 Å². The molecule has 2 rings (SSSR count). The van der Waals surface area contributed by atoms with Crippen LogP contribution in [0.25, 0.3) is 10.8 Å². The normalized spacial score (nSPS) is 11.9. The Hall–Kier alpha value is -1.59. The summed E-state index contributed by atoms with van der Waals surface area (Å²) >= 11 is 0. The van der Waals surface area contributed by atoms with Crippen LogP contribution >= 0.6 is 0 Å². The molecule has 0 bridgehead atoms. The summed E-state index contributed by atoms with van der Waals surface area (Å²) in [6.07, 6.45) is 2.49. The van der Waals surface area contributed by atoms with Crippen LogP contribution in [0.5, 0.6) is 5.75 Å². The molecule has 0 aliphatic rings. The number of hydrogen-bond donors (Lipinski definition) is 2. The van der Waals surface area contributed by atoms with E-state index in [1.807, 2.05) is 26.0 Å². The van der Waals surface area contributed by atoms with E-state index < -0.39 is 10.0 Å². The van der Waals surface area contributed by atoms with Crippen LogP contribution in [0, 0.1) is 0 Å². The summed E-state index contributed by atoms with van der Waals surface area (Å²) in [5.74, 6) is -0.00123. The predicted octanol–water partition coefficient (Wildman–Crippen LogP) is 3.19. The first-order valence-corrected chi connectivity index (χ1v) is 8.72. The van der Waals surface area contributed by atoms with E-state index in [1.54, 1.807) is 12.1 Å². The van der Waals surface area contributed by atoms with Gasteiger partial charge >= 0.3 is 0 Å². The van der Waals surface area contributed by atoms with Gasteiger partial charge in [-0.05, 0) is 35.9 Å². The van der Waals surface area contributed by atoms with Gasteiger partial charge in [-0.1, -0.05) is 38.5 Å². The van der Waals surface area contributed by atoms with Gasteiger partial charge in [0.15, 0.2) is 0 Å². The maximum atomic E-state index is 12.5. The molecule has 0 aromatic heterocycles. The second kappa shape index (κ2) is 6.45. The zero-order valence-corrected chi connectivity index (χ0v) is 13.2. The molecule has 0 atom stereocenters. The van der Waals surface area contributed by atoms with Crippen LogP contribution < -0.4 is 4.72 Å². The van der Waals surface area contributed by atoms with E-state index in [-0.39, 0.29) is 10.6 Å². The lowest BCUT2D eigenvalue weighted by Crippen LogP contribution is -2.25. The molecule has 2 aromatic carbocycles. The van der Waals surface area contributed by atoms with Crippen molar-refractivity contribution >= 4 is 20.8 Å². The minimum Gasteiger partial charge on any atom is -0.507 e. The Kier molecular flexibility index (Phi) is 4.85. The van der Waals surface area contributed by atoms with Crippen molar-refractivity contribution in [3.63, 3.8) is 0 Å². The summed E-state index contributed by atoms with van der Waals surface area (Å²) in [6.45, 7) is 4.42. The highest BCUT2D eigenvalue weighted by Gasteiger charge is 2.19. The van der Waals surface area contributed by atoms with Gasteiger partial charge in [0.25, 0.3) is 0 Å². The smallest absolute Gasteiger partial charge is 0.241 e. The molecule has 0 aliphatic heterocycles. The second-order valence-corrected chi connectivity index (χ2v) is 6.76. The van der Waals surface area contributed by atoms with Crippen molar-refractivity contribution < 1.29 is 13.5 Å². The topological polar surface area (TPSA) is 66.4 Å². The number of sulfonamides is 1. The Labute approximate surface area is 125 Å². The quantitative estimate of drug-likeness (QED) is 0.805. The van der Waals surface area contributed by atoms with Crippen LogP contribution in [-0.2, 0) is 16.4 Å². The number of aromatic hydroxyl groups is 1. The molecule has 0 unspecified atom stereocenters. The predicted molar refractivity (Wildman–Crippen MR) is 85.1 cm³/mol. The molecule has 0 saturated carbocycles. The number of aryl methyl sites for hydroxylation is 1. The Balaban J connectivity index is 2.59. The standard InChI is InChI=1S/C16H21NO3S/c1-3-5-11-17-21(19,20)15-8-6-7-13-12(4-2)9-10-14(18)16(13)15/h6-10,17-18H,3-5,11H2,1-2H3. The van der Waals surface area contributed by atoms with Gasteiger partial charge in [-0.25, -0.2) is 13.1 Å². The first kappa shape index (κ1) is 15.8. The monoisotopic (exact) mass is 307 g/mol. The highest BCUT2D eigenvalue weighted by molar-refractivity contribution is 7.89. The number of unbranched alkanes of at least 4 members (excludes halogenated alkanes) is 1. The van der Waals surface area contributed by atoms with Crippen molar-refractivity contribution in [2.24, 2.45) is 0 Å². The van der Waals surface area contributed by atoms with Crippen molar-refractivity contribution in [1.29, 1.82) is 0 Å². The molecule has 114 valence electrons. The summed E-state index contributed by atoms with van der Waals surface area (Å²) in [7, 11) is -3.62. The summed E-state index contributed by atoms with van der Waals surface area (Å²) < 4.78 is 27.5. The van der Waals surface area contributed by atoms with E-state index in [0.29, 0.717) is 11.9 Å². The molecular formula is C16H21NO3S. The fourth-order valence-corrected chi connectivity index (χ4v) is 3.72. The van der Waals surface area contributed by atoms with E-state index in [0.717, 1.165) is 30.2 Å². The van der Waals surface area contributed by atoms with E-state index in [9.17, 15) is 13.5 Å². The SMILES string of the molecule is CCCCNS(=O)(=O)c1cccc2c(CC)ccc(O)c12. The Morgan fingerprint density at radius 2 is 1.90 bits per heavy atom. The van der Waals surface area contributed by atoms with Gasteiger partial charge in [0, 0.05) is 11.9 Å². The lowest BCUT2D eigenvalue weighted by molar-refractivity contribution is 0.480.